The Kier molecular flexibility index (Phi) is 6.39. The van der Waals surface area contributed by atoms with Gasteiger partial charge in [0, 0.05) is 18.8 Å². The van der Waals surface area contributed by atoms with Crippen LogP contribution in [0.1, 0.15) is 16.7 Å². The van der Waals surface area contributed by atoms with Crippen molar-refractivity contribution in [2.45, 2.75) is 19.9 Å². The van der Waals surface area contributed by atoms with Crippen LogP contribution >= 0.6 is 12.2 Å². The molecule has 0 unspecified atom stereocenters. The Balaban J connectivity index is 1.70. The quantitative estimate of drug-likeness (QED) is 0.590. The number of anilines is 1. The summed E-state index contributed by atoms with van der Waals surface area (Å²) in [5.41, 5.74) is 4.85. The molecule has 0 aromatic heterocycles. The number of hydrogen-bond donors (Lipinski definition) is 1. The summed E-state index contributed by atoms with van der Waals surface area (Å²) in [5, 5.41) is 4.14. The maximum atomic E-state index is 5.72. The maximum Gasteiger partial charge on any atom is 0.173 e. The van der Waals surface area contributed by atoms with Gasteiger partial charge in [0.25, 0.3) is 0 Å². The second kappa shape index (κ2) is 9.16. The molecule has 26 heavy (non-hydrogen) atoms. The zero-order valence-corrected chi connectivity index (χ0v) is 15.9. The molecule has 0 saturated carbocycles. The zero-order chi connectivity index (χ0) is 18.2. The first-order valence-corrected chi connectivity index (χ1v) is 9.32. The molecule has 0 saturated heterocycles. The van der Waals surface area contributed by atoms with Gasteiger partial charge in [-0.1, -0.05) is 78.4 Å². The highest BCUT2D eigenvalue weighted by atomic mass is 32.1. The maximum absolute atomic E-state index is 5.72. The summed E-state index contributed by atoms with van der Waals surface area (Å²) in [4.78, 5) is 2.23. The smallest absolute Gasteiger partial charge is 0.173 e. The van der Waals surface area contributed by atoms with E-state index >= 15 is 0 Å². The first-order valence-electron chi connectivity index (χ1n) is 8.91. The van der Waals surface area contributed by atoms with Gasteiger partial charge in [0.2, 0.25) is 0 Å². The second-order valence-electron chi connectivity index (χ2n) is 6.44. The van der Waals surface area contributed by atoms with E-state index in [0.29, 0.717) is 0 Å². The second-order valence-corrected chi connectivity index (χ2v) is 6.83. The summed E-state index contributed by atoms with van der Waals surface area (Å²) in [6.07, 6.45) is 0.962. The standard InChI is InChI=1S/C23H24N2S/c1-19-12-14-22(15-13-19)24-23(26)25(18-21-10-6-3-7-11-21)17-16-20-8-4-2-5-9-20/h2-15H,16-18H2,1H3,(H,24,26). The van der Waals surface area contributed by atoms with Gasteiger partial charge in [-0.2, -0.15) is 0 Å². The van der Waals surface area contributed by atoms with Crippen molar-refractivity contribution in [3.63, 3.8) is 0 Å². The van der Waals surface area contributed by atoms with Crippen LogP contribution in [0.5, 0.6) is 0 Å². The predicted molar refractivity (Wildman–Crippen MR) is 114 cm³/mol. The Bertz CT molecular complexity index is 814. The van der Waals surface area contributed by atoms with Crippen molar-refractivity contribution in [1.29, 1.82) is 0 Å². The number of benzene rings is 3. The Morgan fingerprint density at radius 1 is 0.808 bits per heavy atom. The fraction of sp³-hybridized carbons (Fsp3) is 0.174. The molecule has 0 aliphatic carbocycles. The molecule has 3 aromatic carbocycles. The van der Waals surface area contributed by atoms with E-state index in [0.717, 1.165) is 30.3 Å². The molecule has 0 atom stereocenters. The zero-order valence-electron chi connectivity index (χ0n) is 15.1. The lowest BCUT2D eigenvalue weighted by molar-refractivity contribution is 0.423. The van der Waals surface area contributed by atoms with Gasteiger partial charge in [-0.3, -0.25) is 0 Å². The lowest BCUT2D eigenvalue weighted by Gasteiger charge is -2.26. The number of nitrogens with zero attached hydrogens (tertiary/aromatic N) is 1. The minimum Gasteiger partial charge on any atom is -0.344 e. The molecule has 0 amide bonds. The van der Waals surface area contributed by atoms with Gasteiger partial charge in [0.05, 0.1) is 0 Å². The highest BCUT2D eigenvalue weighted by Crippen LogP contribution is 2.13. The van der Waals surface area contributed by atoms with Gasteiger partial charge in [-0.15, -0.1) is 0 Å². The van der Waals surface area contributed by atoms with Crippen molar-refractivity contribution >= 4 is 23.0 Å². The van der Waals surface area contributed by atoms with Crippen LogP contribution in [0.15, 0.2) is 84.9 Å². The van der Waals surface area contributed by atoms with Crippen LogP contribution in [0.2, 0.25) is 0 Å². The molecular weight excluding hydrogens is 336 g/mol. The van der Waals surface area contributed by atoms with Crippen LogP contribution in [0.3, 0.4) is 0 Å². The molecule has 3 aromatic rings. The van der Waals surface area contributed by atoms with Gasteiger partial charge in [0.15, 0.2) is 5.11 Å². The topological polar surface area (TPSA) is 15.3 Å². The molecule has 1 N–H and O–H groups in total. The summed E-state index contributed by atoms with van der Waals surface area (Å²) in [7, 11) is 0. The van der Waals surface area contributed by atoms with Crippen molar-refractivity contribution in [3.05, 3.63) is 102 Å². The Morgan fingerprint density at radius 3 is 2.00 bits per heavy atom. The summed E-state index contributed by atoms with van der Waals surface area (Å²) < 4.78 is 0. The van der Waals surface area contributed by atoms with E-state index in [2.05, 4.69) is 96.0 Å². The predicted octanol–water partition coefficient (Wildman–Crippen LogP) is 5.44. The lowest BCUT2D eigenvalue weighted by Crippen LogP contribution is -2.35. The summed E-state index contributed by atoms with van der Waals surface area (Å²) in [6.45, 7) is 3.76. The Morgan fingerprint density at radius 2 is 1.38 bits per heavy atom. The third-order valence-corrected chi connectivity index (χ3v) is 4.68. The summed E-state index contributed by atoms with van der Waals surface area (Å²) in [6, 6.07) is 29.3. The van der Waals surface area contributed by atoms with Crippen LogP contribution in [-0.2, 0) is 13.0 Å². The van der Waals surface area contributed by atoms with Crippen molar-refractivity contribution in [2.24, 2.45) is 0 Å². The van der Waals surface area contributed by atoms with Crippen molar-refractivity contribution in [1.82, 2.24) is 4.90 Å². The van der Waals surface area contributed by atoms with Crippen molar-refractivity contribution in [2.75, 3.05) is 11.9 Å². The van der Waals surface area contributed by atoms with Crippen LogP contribution in [-0.4, -0.2) is 16.6 Å². The Hall–Kier alpha value is -2.65. The first kappa shape index (κ1) is 18.2. The lowest BCUT2D eigenvalue weighted by atomic mass is 10.1. The van der Waals surface area contributed by atoms with E-state index < -0.39 is 0 Å². The fourth-order valence-corrected chi connectivity index (χ4v) is 3.08. The number of hydrogen-bond acceptors (Lipinski definition) is 1. The average Bonchev–Trinajstić information content (AvgIpc) is 2.68. The van der Waals surface area contributed by atoms with E-state index in [1.165, 1.54) is 16.7 Å². The largest absolute Gasteiger partial charge is 0.344 e. The highest BCUT2D eigenvalue weighted by Gasteiger charge is 2.11. The van der Waals surface area contributed by atoms with E-state index in [-0.39, 0.29) is 0 Å². The monoisotopic (exact) mass is 360 g/mol. The number of rotatable bonds is 6. The molecule has 0 heterocycles. The van der Waals surface area contributed by atoms with E-state index in [1.807, 2.05) is 6.07 Å². The third-order valence-electron chi connectivity index (χ3n) is 4.32. The fourth-order valence-electron chi connectivity index (χ4n) is 2.80. The molecule has 3 heteroatoms. The van der Waals surface area contributed by atoms with Crippen LogP contribution in [0, 0.1) is 6.92 Å². The van der Waals surface area contributed by atoms with Crippen molar-refractivity contribution < 1.29 is 0 Å². The molecule has 132 valence electrons. The summed E-state index contributed by atoms with van der Waals surface area (Å²) in [5.74, 6) is 0. The van der Waals surface area contributed by atoms with E-state index in [9.17, 15) is 0 Å². The molecule has 0 fully saturated rings. The molecule has 0 aliphatic rings. The van der Waals surface area contributed by atoms with Gasteiger partial charge < -0.3 is 10.2 Å². The Labute approximate surface area is 161 Å². The molecule has 0 aliphatic heterocycles. The molecule has 2 nitrogen and oxygen atoms in total. The number of nitrogens with one attached hydrogen (secondary N) is 1. The average molecular weight is 361 g/mol. The van der Waals surface area contributed by atoms with Crippen LogP contribution in [0.25, 0.3) is 0 Å². The molecule has 0 radical (unpaired) electrons. The van der Waals surface area contributed by atoms with Gasteiger partial charge >= 0.3 is 0 Å². The molecular formula is C23H24N2S. The normalized spacial score (nSPS) is 10.3. The van der Waals surface area contributed by atoms with E-state index in [1.54, 1.807) is 0 Å². The van der Waals surface area contributed by atoms with Gasteiger partial charge in [-0.05, 0) is 48.8 Å². The summed E-state index contributed by atoms with van der Waals surface area (Å²) >= 11 is 5.72. The molecule has 0 bridgehead atoms. The molecule has 3 rings (SSSR count). The minimum absolute atomic E-state index is 0.758. The highest BCUT2D eigenvalue weighted by molar-refractivity contribution is 7.80. The van der Waals surface area contributed by atoms with Gasteiger partial charge in [0.1, 0.15) is 0 Å². The van der Waals surface area contributed by atoms with Crippen molar-refractivity contribution in [3.8, 4) is 0 Å². The SMILES string of the molecule is Cc1ccc(NC(=S)N(CCc2ccccc2)Cc2ccccc2)cc1. The third kappa shape index (κ3) is 5.43. The van der Waals surface area contributed by atoms with Crippen LogP contribution < -0.4 is 5.32 Å². The number of thiocarbonyl (C=S) groups is 1. The molecule has 0 spiro atoms. The van der Waals surface area contributed by atoms with E-state index in [4.69, 9.17) is 12.2 Å². The van der Waals surface area contributed by atoms with Gasteiger partial charge in [-0.25, -0.2) is 0 Å². The first-order chi connectivity index (χ1) is 12.7. The minimum atomic E-state index is 0.758. The van der Waals surface area contributed by atoms with Crippen LogP contribution in [0.4, 0.5) is 5.69 Å². The number of aryl methyl sites for hydroxylation is 1.